The Morgan fingerprint density at radius 1 is 1.42 bits per heavy atom. The Kier molecular flexibility index (Phi) is 5.06. The molecule has 1 amide bonds. The van der Waals surface area contributed by atoms with Crippen molar-refractivity contribution in [3.05, 3.63) is 45.7 Å². The summed E-state index contributed by atoms with van der Waals surface area (Å²) in [6.07, 6.45) is 6.06. The number of nitriles is 1. The number of fused-ring (bicyclic) bond motifs is 1. The molecule has 3 rings (SSSR count). The summed E-state index contributed by atoms with van der Waals surface area (Å²) in [4.78, 5) is 13.5. The summed E-state index contributed by atoms with van der Waals surface area (Å²) in [6, 6.07) is 5.96. The predicted octanol–water partition coefficient (Wildman–Crippen LogP) is 5.32. The average Bonchev–Trinajstić information content (AvgIpc) is 3.14. The number of thiophene rings is 1. The molecule has 0 saturated heterocycles. The summed E-state index contributed by atoms with van der Waals surface area (Å²) in [5, 5.41) is 13.1. The van der Waals surface area contributed by atoms with Crippen molar-refractivity contribution in [2.24, 2.45) is 11.3 Å². The van der Waals surface area contributed by atoms with Crippen molar-refractivity contribution in [2.75, 3.05) is 5.32 Å². The molecule has 1 N–H and O–H groups in total. The van der Waals surface area contributed by atoms with Crippen LogP contribution in [-0.4, -0.2) is 5.91 Å². The third kappa shape index (κ3) is 3.91. The number of carbonyl (C=O) groups is 1. The van der Waals surface area contributed by atoms with E-state index in [2.05, 4.69) is 32.2 Å². The van der Waals surface area contributed by atoms with Crippen LogP contribution in [0.25, 0.3) is 6.08 Å². The molecule has 0 bridgehead atoms. The van der Waals surface area contributed by atoms with Gasteiger partial charge in [0.05, 0.1) is 5.56 Å². The molecule has 0 spiro atoms. The molecular formula is C21H24N2O2S. The van der Waals surface area contributed by atoms with Crippen LogP contribution in [0.15, 0.2) is 22.6 Å². The van der Waals surface area contributed by atoms with E-state index in [-0.39, 0.29) is 11.3 Å². The van der Waals surface area contributed by atoms with Crippen LogP contribution in [0.1, 0.15) is 54.7 Å². The highest BCUT2D eigenvalue weighted by molar-refractivity contribution is 7.16. The van der Waals surface area contributed by atoms with Gasteiger partial charge < -0.3 is 9.73 Å². The normalized spacial score (nSPS) is 17.1. The van der Waals surface area contributed by atoms with Gasteiger partial charge in [0.15, 0.2) is 0 Å². The van der Waals surface area contributed by atoms with E-state index < -0.39 is 0 Å². The van der Waals surface area contributed by atoms with Gasteiger partial charge in [0.1, 0.15) is 22.6 Å². The van der Waals surface area contributed by atoms with Crippen molar-refractivity contribution in [2.45, 2.75) is 47.0 Å². The summed E-state index contributed by atoms with van der Waals surface area (Å²) in [6.45, 7) is 8.67. The number of carbonyl (C=O) groups excluding carboxylic acids is 1. The van der Waals surface area contributed by atoms with Crippen LogP contribution in [0, 0.1) is 29.6 Å². The predicted molar refractivity (Wildman–Crippen MR) is 105 cm³/mol. The van der Waals surface area contributed by atoms with Crippen LogP contribution in [0.2, 0.25) is 0 Å². The van der Waals surface area contributed by atoms with Gasteiger partial charge in [0.2, 0.25) is 5.91 Å². The lowest BCUT2D eigenvalue weighted by Gasteiger charge is -2.33. The van der Waals surface area contributed by atoms with Gasteiger partial charge >= 0.3 is 0 Å². The van der Waals surface area contributed by atoms with E-state index in [4.69, 9.17) is 4.42 Å². The Hall–Kier alpha value is -2.32. The second-order valence-electron chi connectivity index (χ2n) is 7.90. The molecule has 1 atom stereocenters. The van der Waals surface area contributed by atoms with Crippen LogP contribution in [0.3, 0.4) is 0 Å². The third-order valence-electron chi connectivity index (χ3n) is 5.00. The Morgan fingerprint density at radius 3 is 2.81 bits per heavy atom. The molecular weight excluding hydrogens is 344 g/mol. The smallest absolute Gasteiger partial charge is 0.249 e. The summed E-state index contributed by atoms with van der Waals surface area (Å²) in [7, 11) is 0. The fourth-order valence-electron chi connectivity index (χ4n) is 3.39. The van der Waals surface area contributed by atoms with Gasteiger partial charge in [-0.25, -0.2) is 0 Å². The largest absolute Gasteiger partial charge is 0.462 e. The number of nitrogens with zero attached hydrogens (tertiary/aromatic N) is 1. The maximum Gasteiger partial charge on any atom is 0.249 e. The molecule has 4 nitrogen and oxygen atoms in total. The van der Waals surface area contributed by atoms with Gasteiger partial charge in [0.25, 0.3) is 0 Å². The number of amides is 1. The van der Waals surface area contributed by atoms with E-state index >= 15 is 0 Å². The molecule has 0 saturated carbocycles. The van der Waals surface area contributed by atoms with E-state index in [9.17, 15) is 10.1 Å². The van der Waals surface area contributed by atoms with Gasteiger partial charge in [0, 0.05) is 11.0 Å². The summed E-state index contributed by atoms with van der Waals surface area (Å²) >= 11 is 1.55. The molecule has 5 heteroatoms. The molecule has 26 heavy (non-hydrogen) atoms. The highest BCUT2D eigenvalue weighted by Crippen LogP contribution is 2.43. The number of hydrogen-bond acceptors (Lipinski definition) is 4. The maximum absolute atomic E-state index is 12.3. The van der Waals surface area contributed by atoms with Crippen LogP contribution in [-0.2, 0) is 17.6 Å². The molecule has 0 fully saturated rings. The van der Waals surface area contributed by atoms with Crippen LogP contribution < -0.4 is 5.32 Å². The molecule has 1 aliphatic carbocycles. The van der Waals surface area contributed by atoms with Crippen molar-refractivity contribution in [1.82, 2.24) is 0 Å². The zero-order chi connectivity index (χ0) is 18.9. The van der Waals surface area contributed by atoms with Crippen LogP contribution >= 0.6 is 11.3 Å². The van der Waals surface area contributed by atoms with Gasteiger partial charge in [-0.15, -0.1) is 11.3 Å². The molecule has 2 aromatic rings. The standard InChI is InChI=1S/C21H24N2O2S/c1-13-5-7-15(25-13)8-10-19(24)23-20-17(12-22)16-9-6-14(21(2,3)4)11-18(16)26-20/h5,7-8,10,14H,6,9,11H2,1-4H3,(H,23,24). The number of furan rings is 1. The zero-order valence-electron chi connectivity index (χ0n) is 15.7. The Morgan fingerprint density at radius 2 is 2.19 bits per heavy atom. The molecule has 2 heterocycles. The zero-order valence-corrected chi connectivity index (χ0v) is 16.5. The van der Waals surface area contributed by atoms with Crippen molar-refractivity contribution >= 4 is 28.3 Å². The lowest BCUT2D eigenvalue weighted by molar-refractivity contribution is -0.111. The van der Waals surface area contributed by atoms with E-state index in [1.807, 2.05) is 19.1 Å². The fourth-order valence-corrected chi connectivity index (χ4v) is 4.67. The number of nitrogens with one attached hydrogen (secondary N) is 1. The molecule has 1 aliphatic rings. The van der Waals surface area contributed by atoms with Crippen molar-refractivity contribution in [3.8, 4) is 6.07 Å². The van der Waals surface area contributed by atoms with Crippen LogP contribution in [0.5, 0.6) is 0 Å². The lowest BCUT2D eigenvalue weighted by Crippen LogP contribution is -2.26. The Balaban J connectivity index is 1.77. The topological polar surface area (TPSA) is 66.0 Å². The van der Waals surface area contributed by atoms with Gasteiger partial charge in [-0.1, -0.05) is 20.8 Å². The first-order valence-corrected chi connectivity index (χ1v) is 9.69. The van der Waals surface area contributed by atoms with Gasteiger partial charge in [-0.2, -0.15) is 5.26 Å². The highest BCUT2D eigenvalue weighted by atomic mass is 32.1. The second-order valence-corrected chi connectivity index (χ2v) is 9.00. The van der Waals surface area contributed by atoms with E-state index in [0.717, 1.165) is 30.6 Å². The van der Waals surface area contributed by atoms with Gasteiger partial charge in [-0.3, -0.25) is 4.79 Å². The Bertz CT molecular complexity index is 890. The number of anilines is 1. The number of hydrogen-bond donors (Lipinski definition) is 1. The van der Waals surface area contributed by atoms with Crippen LogP contribution in [0.4, 0.5) is 5.00 Å². The number of aryl methyl sites for hydroxylation is 1. The van der Waals surface area contributed by atoms with Crippen molar-refractivity contribution in [1.29, 1.82) is 5.26 Å². The third-order valence-corrected chi connectivity index (χ3v) is 6.17. The molecule has 0 radical (unpaired) electrons. The molecule has 0 aliphatic heterocycles. The second kappa shape index (κ2) is 7.13. The SMILES string of the molecule is Cc1ccc(C=CC(=O)Nc2sc3c(c2C#N)CCC(C(C)(C)C)C3)o1. The van der Waals surface area contributed by atoms with Crippen molar-refractivity contribution < 1.29 is 9.21 Å². The molecule has 1 unspecified atom stereocenters. The minimum absolute atomic E-state index is 0.249. The van der Waals surface area contributed by atoms with E-state index in [1.165, 1.54) is 11.0 Å². The first-order valence-electron chi connectivity index (χ1n) is 8.88. The van der Waals surface area contributed by atoms with E-state index in [1.54, 1.807) is 17.4 Å². The monoisotopic (exact) mass is 368 g/mol. The van der Waals surface area contributed by atoms with Crippen molar-refractivity contribution in [3.63, 3.8) is 0 Å². The molecule has 0 aromatic carbocycles. The summed E-state index contributed by atoms with van der Waals surface area (Å²) in [5.41, 5.74) is 2.01. The quantitative estimate of drug-likeness (QED) is 0.745. The molecule has 2 aromatic heterocycles. The Labute approximate surface area is 158 Å². The number of rotatable bonds is 3. The highest BCUT2D eigenvalue weighted by Gasteiger charge is 2.32. The lowest BCUT2D eigenvalue weighted by atomic mass is 9.72. The van der Waals surface area contributed by atoms with Gasteiger partial charge in [-0.05, 0) is 61.3 Å². The minimum atomic E-state index is -0.249. The first-order chi connectivity index (χ1) is 12.3. The fraction of sp³-hybridized carbons (Fsp3) is 0.429. The summed E-state index contributed by atoms with van der Waals surface area (Å²) < 4.78 is 5.42. The minimum Gasteiger partial charge on any atom is -0.462 e. The van der Waals surface area contributed by atoms with E-state index in [0.29, 0.717) is 22.2 Å². The maximum atomic E-state index is 12.3. The first kappa shape index (κ1) is 18.5. The average molecular weight is 369 g/mol. The molecule has 136 valence electrons. The summed E-state index contributed by atoms with van der Waals surface area (Å²) in [5.74, 6) is 1.79.